The fraction of sp³-hybridized carbons (Fsp3) is 0.258. The zero-order chi connectivity index (χ0) is 29.9. The molecule has 2 amide bonds. The summed E-state index contributed by atoms with van der Waals surface area (Å²) in [5.41, 5.74) is 6.06. The SMILES string of the molecule is Cc1cc(F)cc(C(=O)c2cc(Cl)ccc2OCC(=O)Nc2ccc(C#CC(C)(C)NC(=O)C3(N)CC3)cc2Cl)c1. The maximum Gasteiger partial charge on any atom is 0.262 e. The predicted octanol–water partition coefficient (Wildman–Crippen LogP) is 5.43. The maximum atomic E-state index is 13.9. The van der Waals surface area contributed by atoms with Crippen molar-refractivity contribution in [2.75, 3.05) is 11.9 Å². The third-order valence-corrected chi connectivity index (χ3v) is 6.83. The van der Waals surface area contributed by atoms with Gasteiger partial charge >= 0.3 is 0 Å². The van der Waals surface area contributed by atoms with E-state index in [0.29, 0.717) is 29.7 Å². The van der Waals surface area contributed by atoms with E-state index in [4.69, 9.17) is 33.7 Å². The zero-order valence-electron chi connectivity index (χ0n) is 22.7. The fourth-order valence-electron chi connectivity index (χ4n) is 3.88. The lowest BCUT2D eigenvalue weighted by molar-refractivity contribution is -0.124. The second-order valence-electron chi connectivity index (χ2n) is 10.5. The molecular weight excluding hydrogens is 568 g/mol. The van der Waals surface area contributed by atoms with E-state index in [1.807, 2.05) is 0 Å². The summed E-state index contributed by atoms with van der Waals surface area (Å²) in [5.74, 6) is 4.31. The molecule has 1 aliphatic carbocycles. The highest BCUT2D eigenvalue weighted by atomic mass is 35.5. The summed E-state index contributed by atoms with van der Waals surface area (Å²) in [6, 6.07) is 13.2. The molecule has 212 valence electrons. The Labute approximate surface area is 247 Å². The molecule has 0 unspecified atom stereocenters. The highest BCUT2D eigenvalue weighted by Crippen LogP contribution is 2.33. The summed E-state index contributed by atoms with van der Waals surface area (Å²) in [6.45, 7) is 4.80. The van der Waals surface area contributed by atoms with Crippen LogP contribution in [0.5, 0.6) is 5.75 Å². The van der Waals surface area contributed by atoms with Gasteiger partial charge in [0.2, 0.25) is 5.91 Å². The smallest absolute Gasteiger partial charge is 0.262 e. The van der Waals surface area contributed by atoms with Gasteiger partial charge in [0.25, 0.3) is 5.91 Å². The Morgan fingerprint density at radius 2 is 1.80 bits per heavy atom. The molecule has 10 heteroatoms. The topological polar surface area (TPSA) is 111 Å². The number of nitrogens with two attached hydrogens (primary N) is 1. The predicted molar refractivity (Wildman–Crippen MR) is 157 cm³/mol. The first-order valence-electron chi connectivity index (χ1n) is 12.7. The molecule has 41 heavy (non-hydrogen) atoms. The van der Waals surface area contributed by atoms with Gasteiger partial charge in [-0.2, -0.15) is 0 Å². The summed E-state index contributed by atoms with van der Waals surface area (Å²) in [6.07, 6.45) is 1.31. The van der Waals surface area contributed by atoms with E-state index in [2.05, 4.69) is 22.5 Å². The van der Waals surface area contributed by atoms with Gasteiger partial charge in [-0.05, 0) is 93.8 Å². The van der Waals surface area contributed by atoms with E-state index < -0.39 is 35.2 Å². The molecule has 0 atom stereocenters. The molecule has 4 N–H and O–H groups in total. The van der Waals surface area contributed by atoms with Crippen LogP contribution in [0.1, 0.15) is 53.7 Å². The number of ketones is 1. The molecule has 0 aliphatic heterocycles. The number of carbonyl (C=O) groups excluding carboxylic acids is 3. The minimum atomic E-state index is -0.807. The first kappa shape index (κ1) is 30.1. The molecule has 0 saturated heterocycles. The first-order chi connectivity index (χ1) is 19.2. The van der Waals surface area contributed by atoms with E-state index in [1.54, 1.807) is 45.0 Å². The van der Waals surface area contributed by atoms with Gasteiger partial charge in [-0.25, -0.2) is 4.39 Å². The Morgan fingerprint density at radius 3 is 2.46 bits per heavy atom. The second kappa shape index (κ2) is 11.9. The van der Waals surface area contributed by atoms with Gasteiger partial charge in [0.05, 0.1) is 27.4 Å². The van der Waals surface area contributed by atoms with Crippen LogP contribution in [0.25, 0.3) is 0 Å². The molecule has 7 nitrogen and oxygen atoms in total. The number of rotatable bonds is 8. The third-order valence-electron chi connectivity index (χ3n) is 6.28. The van der Waals surface area contributed by atoms with E-state index in [-0.39, 0.29) is 32.8 Å². The summed E-state index contributed by atoms with van der Waals surface area (Å²) in [7, 11) is 0. The second-order valence-corrected chi connectivity index (χ2v) is 11.3. The summed E-state index contributed by atoms with van der Waals surface area (Å²) in [5, 5.41) is 6.04. The van der Waals surface area contributed by atoms with Crippen molar-refractivity contribution in [3.63, 3.8) is 0 Å². The van der Waals surface area contributed by atoms with Crippen LogP contribution in [0.4, 0.5) is 10.1 Å². The summed E-state index contributed by atoms with van der Waals surface area (Å²) >= 11 is 12.5. The Morgan fingerprint density at radius 1 is 1.07 bits per heavy atom. The normalized spacial score (nSPS) is 13.4. The number of aryl methyl sites for hydroxylation is 1. The highest BCUT2D eigenvalue weighted by Gasteiger charge is 2.47. The van der Waals surface area contributed by atoms with Crippen molar-refractivity contribution in [3.05, 3.63) is 92.7 Å². The number of halogens is 3. The maximum absolute atomic E-state index is 13.9. The van der Waals surface area contributed by atoms with Crippen LogP contribution in [-0.2, 0) is 9.59 Å². The van der Waals surface area contributed by atoms with Crippen LogP contribution >= 0.6 is 23.2 Å². The van der Waals surface area contributed by atoms with Gasteiger partial charge in [-0.1, -0.05) is 35.0 Å². The van der Waals surface area contributed by atoms with Gasteiger partial charge in [0, 0.05) is 16.1 Å². The van der Waals surface area contributed by atoms with Gasteiger partial charge in [0.15, 0.2) is 12.4 Å². The minimum Gasteiger partial charge on any atom is -0.483 e. The summed E-state index contributed by atoms with van der Waals surface area (Å²) < 4.78 is 19.5. The van der Waals surface area contributed by atoms with Crippen LogP contribution < -0.4 is 21.1 Å². The van der Waals surface area contributed by atoms with Crippen LogP contribution in [0.15, 0.2) is 54.6 Å². The van der Waals surface area contributed by atoms with Crippen molar-refractivity contribution in [1.82, 2.24) is 5.32 Å². The summed E-state index contributed by atoms with van der Waals surface area (Å²) in [4.78, 5) is 38.0. The lowest BCUT2D eigenvalue weighted by Crippen LogP contribution is -2.51. The van der Waals surface area contributed by atoms with E-state index in [0.717, 1.165) is 6.07 Å². The molecule has 0 spiro atoms. The average Bonchev–Trinajstić information content (AvgIpc) is 3.65. The van der Waals surface area contributed by atoms with Crippen molar-refractivity contribution in [2.24, 2.45) is 5.73 Å². The molecule has 0 radical (unpaired) electrons. The largest absolute Gasteiger partial charge is 0.483 e. The molecule has 1 fully saturated rings. The van der Waals surface area contributed by atoms with Crippen LogP contribution in [0.3, 0.4) is 0 Å². The molecule has 3 aromatic rings. The van der Waals surface area contributed by atoms with Gasteiger partial charge in [0.1, 0.15) is 11.6 Å². The molecule has 1 saturated carbocycles. The lowest BCUT2D eigenvalue weighted by atomic mass is 10.0. The number of anilines is 1. The zero-order valence-corrected chi connectivity index (χ0v) is 24.2. The van der Waals surface area contributed by atoms with Gasteiger partial charge < -0.3 is 21.1 Å². The minimum absolute atomic E-state index is 0.0918. The number of carbonyl (C=O) groups is 3. The number of benzene rings is 3. The fourth-order valence-corrected chi connectivity index (χ4v) is 4.28. The van der Waals surface area contributed by atoms with Crippen molar-refractivity contribution >= 4 is 46.5 Å². The van der Waals surface area contributed by atoms with Crippen LogP contribution in [-0.4, -0.2) is 35.3 Å². The Balaban J connectivity index is 1.40. The van der Waals surface area contributed by atoms with E-state index in [1.165, 1.54) is 24.3 Å². The first-order valence-corrected chi connectivity index (χ1v) is 13.5. The van der Waals surface area contributed by atoms with Gasteiger partial charge in [-0.15, -0.1) is 0 Å². The van der Waals surface area contributed by atoms with Crippen LogP contribution in [0.2, 0.25) is 10.0 Å². The number of hydrogen-bond acceptors (Lipinski definition) is 5. The Kier molecular flexibility index (Phi) is 8.74. The molecule has 4 rings (SSSR count). The number of ether oxygens (including phenoxy) is 1. The van der Waals surface area contributed by atoms with E-state index >= 15 is 0 Å². The van der Waals surface area contributed by atoms with Crippen molar-refractivity contribution in [3.8, 4) is 17.6 Å². The Bertz CT molecular complexity index is 1590. The van der Waals surface area contributed by atoms with Crippen molar-refractivity contribution in [2.45, 2.75) is 44.7 Å². The standard InChI is InChI=1S/C31H28Cl2FN3O4/c1-18-12-20(15-22(34)13-18)28(39)23-16-21(32)5-7-26(23)41-17-27(38)36-25-6-4-19(14-24(25)33)8-9-30(2,3)37-29(40)31(35)10-11-31/h4-7,12-16H,10-11,17,35H2,1-3H3,(H,36,38)(H,37,40). The quantitative estimate of drug-likeness (QED) is 0.238. The number of hydrogen-bond donors (Lipinski definition) is 3. The van der Waals surface area contributed by atoms with Crippen molar-refractivity contribution in [1.29, 1.82) is 0 Å². The number of amides is 2. The molecule has 1 aliphatic rings. The average molecular weight is 596 g/mol. The molecule has 0 heterocycles. The van der Waals surface area contributed by atoms with Gasteiger partial charge in [-0.3, -0.25) is 14.4 Å². The monoisotopic (exact) mass is 595 g/mol. The lowest BCUT2D eigenvalue weighted by Gasteiger charge is -2.22. The number of nitrogens with one attached hydrogen (secondary N) is 2. The molecular formula is C31H28Cl2FN3O4. The molecule has 3 aromatic carbocycles. The molecule has 0 bridgehead atoms. The highest BCUT2D eigenvalue weighted by molar-refractivity contribution is 6.33. The van der Waals surface area contributed by atoms with Crippen LogP contribution in [0, 0.1) is 24.6 Å². The third kappa shape index (κ3) is 7.86. The molecule has 0 aromatic heterocycles. The van der Waals surface area contributed by atoms with E-state index in [9.17, 15) is 18.8 Å². The van der Waals surface area contributed by atoms with Crippen molar-refractivity contribution < 1.29 is 23.5 Å². The Hall–Kier alpha value is -3.90.